The number of aliphatic imine (C=N–C) groups is 1. The molecule has 1 rings (SSSR count). The van der Waals surface area contributed by atoms with Crippen molar-refractivity contribution < 1.29 is 4.74 Å². The Morgan fingerprint density at radius 2 is 2.83 bits per heavy atom. The Labute approximate surface area is 40.8 Å². The molecule has 0 aromatic carbocycles. The van der Waals surface area contributed by atoms with E-state index in [0.29, 0.717) is 6.61 Å². The van der Waals surface area contributed by atoms with Crippen molar-refractivity contribution in [2.24, 2.45) is 4.99 Å². The van der Waals surface area contributed by atoms with Gasteiger partial charge >= 0.3 is 0 Å². The van der Waals surface area contributed by atoms with Crippen LogP contribution in [0.25, 0.3) is 0 Å². The molecule has 3 heteroatoms. The zero-order valence-electron chi connectivity index (χ0n) is 3.10. The molecular formula is C3H4ClNO. The molecule has 0 spiro atoms. The summed E-state index contributed by atoms with van der Waals surface area (Å²) in [5.41, 5.74) is -0.134. The van der Waals surface area contributed by atoms with Crippen molar-refractivity contribution in [1.82, 2.24) is 0 Å². The molecule has 0 fully saturated rings. The largest absolute Gasteiger partial charge is 0.480 e. The molecule has 1 aliphatic rings. The molecule has 0 saturated heterocycles. The van der Waals surface area contributed by atoms with Crippen LogP contribution in [0.2, 0.25) is 0 Å². The van der Waals surface area contributed by atoms with Crippen LogP contribution in [0.4, 0.5) is 0 Å². The third-order valence-corrected chi connectivity index (χ3v) is 0.770. The zero-order chi connectivity index (χ0) is 4.41. The molecule has 6 heavy (non-hydrogen) atoms. The molecule has 0 radical (unpaired) electrons. The van der Waals surface area contributed by atoms with E-state index in [1.54, 1.807) is 0 Å². The van der Waals surface area contributed by atoms with Crippen LogP contribution in [0, 0.1) is 0 Å². The summed E-state index contributed by atoms with van der Waals surface area (Å²) in [5, 5.41) is 0. The SMILES string of the molecule is ClC1COC=N1. The van der Waals surface area contributed by atoms with E-state index in [-0.39, 0.29) is 5.50 Å². The summed E-state index contributed by atoms with van der Waals surface area (Å²) in [5.74, 6) is 0. The number of hydrogen-bond acceptors (Lipinski definition) is 2. The first-order valence-corrected chi connectivity index (χ1v) is 2.10. The van der Waals surface area contributed by atoms with Crippen molar-refractivity contribution in [3.05, 3.63) is 0 Å². The number of halogens is 1. The van der Waals surface area contributed by atoms with Gasteiger partial charge < -0.3 is 4.74 Å². The average molecular weight is 106 g/mol. The molecule has 0 aromatic heterocycles. The van der Waals surface area contributed by atoms with E-state index in [1.807, 2.05) is 0 Å². The first kappa shape index (κ1) is 3.93. The van der Waals surface area contributed by atoms with Gasteiger partial charge in [-0.2, -0.15) is 0 Å². The van der Waals surface area contributed by atoms with E-state index >= 15 is 0 Å². The van der Waals surface area contributed by atoms with Crippen molar-refractivity contribution in [2.45, 2.75) is 5.50 Å². The molecule has 0 bridgehead atoms. The van der Waals surface area contributed by atoms with Gasteiger partial charge in [0.15, 0.2) is 11.9 Å². The highest BCUT2D eigenvalue weighted by atomic mass is 35.5. The summed E-state index contributed by atoms with van der Waals surface area (Å²) < 4.78 is 4.63. The molecule has 0 aromatic rings. The predicted octanol–water partition coefficient (Wildman–Crippen LogP) is 0.610. The Hall–Kier alpha value is -0.240. The second-order valence-corrected chi connectivity index (χ2v) is 1.53. The van der Waals surface area contributed by atoms with Crippen LogP contribution in [0.15, 0.2) is 4.99 Å². The van der Waals surface area contributed by atoms with Crippen LogP contribution < -0.4 is 0 Å². The lowest BCUT2D eigenvalue weighted by Gasteiger charge is -1.86. The predicted molar refractivity (Wildman–Crippen MR) is 24.1 cm³/mol. The molecule has 1 aliphatic heterocycles. The highest BCUT2D eigenvalue weighted by Gasteiger charge is 2.03. The minimum atomic E-state index is -0.134. The number of nitrogens with zero attached hydrogens (tertiary/aromatic N) is 1. The molecule has 0 amide bonds. The number of ether oxygens (including phenoxy) is 1. The molecule has 1 atom stereocenters. The molecule has 1 unspecified atom stereocenters. The topological polar surface area (TPSA) is 21.6 Å². The van der Waals surface area contributed by atoms with Crippen molar-refractivity contribution in [1.29, 1.82) is 0 Å². The van der Waals surface area contributed by atoms with Gasteiger partial charge in [-0.3, -0.25) is 0 Å². The minimum Gasteiger partial charge on any atom is -0.480 e. The van der Waals surface area contributed by atoms with Crippen molar-refractivity contribution in [3.8, 4) is 0 Å². The molecule has 0 N–H and O–H groups in total. The van der Waals surface area contributed by atoms with Crippen molar-refractivity contribution >= 4 is 18.0 Å². The van der Waals surface area contributed by atoms with Crippen LogP contribution in [-0.2, 0) is 4.74 Å². The van der Waals surface area contributed by atoms with E-state index in [1.165, 1.54) is 6.40 Å². The smallest absolute Gasteiger partial charge is 0.171 e. The molecule has 34 valence electrons. The fourth-order valence-corrected chi connectivity index (χ4v) is 0.393. The quantitative estimate of drug-likeness (QED) is 0.327. The Balaban J connectivity index is 2.38. The van der Waals surface area contributed by atoms with Gasteiger partial charge in [-0.25, -0.2) is 4.99 Å². The lowest BCUT2D eigenvalue weighted by atomic mass is 10.7. The zero-order valence-corrected chi connectivity index (χ0v) is 3.85. The Bertz CT molecular complexity index is 73.2. The lowest BCUT2D eigenvalue weighted by Crippen LogP contribution is -1.93. The lowest BCUT2D eigenvalue weighted by molar-refractivity contribution is 0.352. The standard InChI is InChI=1S/C3H4ClNO/c4-3-1-6-2-5-3/h2-3H,1H2. The van der Waals surface area contributed by atoms with Crippen molar-refractivity contribution in [3.63, 3.8) is 0 Å². The van der Waals surface area contributed by atoms with Gasteiger partial charge in [0, 0.05) is 0 Å². The molecule has 1 heterocycles. The highest BCUT2D eigenvalue weighted by Crippen LogP contribution is 2.01. The molecule has 0 saturated carbocycles. The summed E-state index contributed by atoms with van der Waals surface area (Å²) in [6, 6.07) is 0. The molecule has 2 nitrogen and oxygen atoms in total. The van der Waals surface area contributed by atoms with E-state index in [0.717, 1.165) is 0 Å². The minimum absolute atomic E-state index is 0.134. The maximum atomic E-state index is 5.39. The van der Waals surface area contributed by atoms with E-state index in [2.05, 4.69) is 9.73 Å². The summed E-state index contributed by atoms with van der Waals surface area (Å²) in [7, 11) is 0. The Morgan fingerprint density at radius 1 is 2.00 bits per heavy atom. The van der Waals surface area contributed by atoms with Crippen LogP contribution in [-0.4, -0.2) is 18.5 Å². The summed E-state index contributed by atoms with van der Waals surface area (Å²) in [4.78, 5) is 3.65. The van der Waals surface area contributed by atoms with Crippen LogP contribution >= 0.6 is 11.6 Å². The van der Waals surface area contributed by atoms with Gasteiger partial charge in [0.25, 0.3) is 0 Å². The Kier molecular flexibility index (Phi) is 0.965. The maximum Gasteiger partial charge on any atom is 0.171 e. The van der Waals surface area contributed by atoms with Gasteiger partial charge in [-0.15, -0.1) is 0 Å². The van der Waals surface area contributed by atoms with Crippen LogP contribution in [0.3, 0.4) is 0 Å². The average Bonchev–Trinajstić information content (AvgIpc) is 1.86. The van der Waals surface area contributed by atoms with Gasteiger partial charge in [0.1, 0.15) is 6.61 Å². The summed E-state index contributed by atoms with van der Waals surface area (Å²) in [6.45, 7) is 0.529. The van der Waals surface area contributed by atoms with Crippen molar-refractivity contribution in [2.75, 3.05) is 6.61 Å². The third-order valence-electron chi connectivity index (χ3n) is 0.531. The molecular weight excluding hydrogens is 101 g/mol. The fraction of sp³-hybridized carbons (Fsp3) is 0.667. The van der Waals surface area contributed by atoms with Gasteiger partial charge in [-0.05, 0) is 0 Å². The Morgan fingerprint density at radius 3 is 3.00 bits per heavy atom. The normalized spacial score (nSPS) is 30.5. The number of rotatable bonds is 0. The van der Waals surface area contributed by atoms with Gasteiger partial charge in [0.2, 0.25) is 0 Å². The number of alkyl halides is 1. The van der Waals surface area contributed by atoms with Crippen LogP contribution in [0.1, 0.15) is 0 Å². The van der Waals surface area contributed by atoms with Gasteiger partial charge in [0.05, 0.1) is 0 Å². The second kappa shape index (κ2) is 1.47. The second-order valence-electron chi connectivity index (χ2n) is 1.02. The molecule has 0 aliphatic carbocycles. The first-order valence-electron chi connectivity index (χ1n) is 1.67. The van der Waals surface area contributed by atoms with E-state index < -0.39 is 0 Å². The number of hydrogen-bond donors (Lipinski definition) is 0. The first-order chi connectivity index (χ1) is 2.89. The van der Waals surface area contributed by atoms with Gasteiger partial charge in [-0.1, -0.05) is 11.6 Å². The van der Waals surface area contributed by atoms with E-state index in [4.69, 9.17) is 11.6 Å². The maximum absolute atomic E-state index is 5.39. The highest BCUT2D eigenvalue weighted by molar-refractivity contribution is 6.21. The summed E-state index contributed by atoms with van der Waals surface area (Å²) >= 11 is 5.39. The van der Waals surface area contributed by atoms with E-state index in [9.17, 15) is 0 Å². The third kappa shape index (κ3) is 0.627. The fourth-order valence-electron chi connectivity index (χ4n) is 0.275. The summed E-state index contributed by atoms with van der Waals surface area (Å²) in [6.07, 6.45) is 1.37. The monoisotopic (exact) mass is 105 g/mol. The van der Waals surface area contributed by atoms with Crippen LogP contribution in [0.5, 0.6) is 0 Å².